The van der Waals surface area contributed by atoms with Crippen molar-refractivity contribution in [1.82, 2.24) is 15.2 Å². The quantitative estimate of drug-likeness (QED) is 0.676. The van der Waals surface area contributed by atoms with Crippen molar-refractivity contribution in [3.63, 3.8) is 0 Å². The van der Waals surface area contributed by atoms with E-state index in [4.69, 9.17) is 9.47 Å². The lowest BCUT2D eigenvalue weighted by molar-refractivity contribution is -0.00478. The summed E-state index contributed by atoms with van der Waals surface area (Å²) in [6.45, 7) is 13.7. The van der Waals surface area contributed by atoms with Crippen LogP contribution in [0.2, 0.25) is 0 Å². The first-order valence-corrected chi connectivity index (χ1v) is 9.75. The lowest BCUT2D eigenvalue weighted by Gasteiger charge is -2.19. The molecule has 1 aromatic heterocycles. The van der Waals surface area contributed by atoms with Gasteiger partial charge in [-0.2, -0.15) is 0 Å². The predicted molar refractivity (Wildman–Crippen MR) is 99.6 cm³/mol. The maximum Gasteiger partial charge on any atom is 0.277 e. The van der Waals surface area contributed by atoms with Gasteiger partial charge >= 0.3 is 0 Å². The van der Waals surface area contributed by atoms with Gasteiger partial charge in [0.2, 0.25) is 0 Å². The first kappa shape index (κ1) is 19.6. The molecule has 2 rings (SSSR count). The summed E-state index contributed by atoms with van der Waals surface area (Å²) in [5, 5.41) is 3.37. The predicted octanol–water partition coefficient (Wildman–Crippen LogP) is 3.62. The van der Waals surface area contributed by atoms with Crippen molar-refractivity contribution in [2.45, 2.75) is 59.3 Å². The zero-order valence-electron chi connectivity index (χ0n) is 15.6. The first-order valence-electron chi connectivity index (χ1n) is 8.93. The molecule has 0 bridgehead atoms. The molecule has 0 radical (unpaired) electrons. The van der Waals surface area contributed by atoms with Gasteiger partial charge in [-0.05, 0) is 39.2 Å². The highest BCUT2D eigenvalue weighted by atomic mass is 32.1. The van der Waals surface area contributed by atoms with Gasteiger partial charge in [0, 0.05) is 12.6 Å². The lowest BCUT2D eigenvalue weighted by Crippen LogP contribution is -2.29. The summed E-state index contributed by atoms with van der Waals surface area (Å²) >= 11 is 1.23. The van der Waals surface area contributed by atoms with E-state index in [1.54, 1.807) is 6.20 Å². The van der Waals surface area contributed by atoms with Crippen molar-refractivity contribution < 1.29 is 14.3 Å². The maximum absolute atomic E-state index is 12.2. The summed E-state index contributed by atoms with van der Waals surface area (Å²) in [5.74, 6) is 1.21. The molecular formula is C18H29N3O3S. The van der Waals surface area contributed by atoms with Crippen LogP contribution in [-0.4, -0.2) is 41.2 Å². The van der Waals surface area contributed by atoms with Crippen LogP contribution in [0.1, 0.15) is 56.6 Å². The van der Waals surface area contributed by atoms with Crippen LogP contribution in [0, 0.1) is 5.92 Å². The van der Waals surface area contributed by atoms with Crippen LogP contribution in [-0.2, 0) is 4.74 Å². The van der Waals surface area contributed by atoms with E-state index >= 15 is 0 Å². The molecule has 1 fully saturated rings. The Kier molecular flexibility index (Phi) is 7.11. The molecule has 0 spiro atoms. The third kappa shape index (κ3) is 5.63. The molecule has 1 aliphatic heterocycles. The zero-order chi connectivity index (χ0) is 18.4. The van der Waals surface area contributed by atoms with Gasteiger partial charge in [0.05, 0.1) is 12.7 Å². The molecule has 0 aromatic carbocycles. The molecule has 2 heterocycles. The molecule has 2 atom stereocenters. The SMILES string of the molecule is C=C1OC(Oc2ncc(C(=O)NCCCC(C)CC)s2)CN1C(C)C. The largest absolute Gasteiger partial charge is 0.438 e. The van der Waals surface area contributed by atoms with Gasteiger partial charge in [-0.25, -0.2) is 4.98 Å². The summed E-state index contributed by atoms with van der Waals surface area (Å²) in [7, 11) is 0. The van der Waals surface area contributed by atoms with Crippen molar-refractivity contribution in [3.8, 4) is 5.19 Å². The minimum Gasteiger partial charge on any atom is -0.438 e. The number of nitrogens with zero attached hydrogens (tertiary/aromatic N) is 2. The van der Waals surface area contributed by atoms with Gasteiger partial charge < -0.3 is 19.7 Å². The number of amides is 1. The number of thiazole rings is 1. The number of aromatic nitrogens is 1. The number of rotatable bonds is 9. The molecule has 0 aliphatic carbocycles. The average molecular weight is 368 g/mol. The smallest absolute Gasteiger partial charge is 0.277 e. The second-order valence-electron chi connectivity index (χ2n) is 6.71. The van der Waals surface area contributed by atoms with Gasteiger partial charge in [0.25, 0.3) is 17.4 Å². The van der Waals surface area contributed by atoms with E-state index in [1.807, 2.05) is 4.90 Å². The highest BCUT2D eigenvalue weighted by molar-refractivity contribution is 7.15. The van der Waals surface area contributed by atoms with E-state index in [-0.39, 0.29) is 5.91 Å². The fraction of sp³-hybridized carbons (Fsp3) is 0.667. The summed E-state index contributed by atoms with van der Waals surface area (Å²) in [6, 6.07) is 0.300. The van der Waals surface area contributed by atoms with Gasteiger partial charge in [-0.1, -0.05) is 31.6 Å². The Hall–Kier alpha value is -1.76. The molecule has 2 unspecified atom stereocenters. The van der Waals surface area contributed by atoms with Gasteiger partial charge in [0.1, 0.15) is 4.88 Å². The fourth-order valence-electron chi connectivity index (χ4n) is 2.55. The molecule has 7 heteroatoms. The van der Waals surface area contributed by atoms with Crippen molar-refractivity contribution in [2.75, 3.05) is 13.1 Å². The molecule has 140 valence electrons. The zero-order valence-corrected chi connectivity index (χ0v) is 16.4. The number of hydrogen-bond acceptors (Lipinski definition) is 6. The van der Waals surface area contributed by atoms with Crippen LogP contribution in [0.15, 0.2) is 18.7 Å². The Labute approximate surface area is 154 Å². The Balaban J connectivity index is 1.78. The Bertz CT molecular complexity index is 588. The fourth-order valence-corrected chi connectivity index (χ4v) is 3.27. The van der Waals surface area contributed by atoms with E-state index in [1.165, 1.54) is 17.8 Å². The molecule has 1 aliphatic rings. The standard InChI is InChI=1S/C18H29N3O3S/c1-6-13(4)8-7-9-19-17(22)15-10-20-18(25-15)24-16-11-21(12(2)3)14(5)23-16/h10,12-13,16H,5-9,11H2,1-4H3,(H,19,22). The van der Waals surface area contributed by atoms with Crippen LogP contribution in [0.4, 0.5) is 0 Å². The monoisotopic (exact) mass is 367 g/mol. The molecular weight excluding hydrogens is 338 g/mol. The van der Waals surface area contributed by atoms with Crippen LogP contribution < -0.4 is 10.1 Å². The minimum atomic E-state index is -0.438. The highest BCUT2D eigenvalue weighted by Crippen LogP contribution is 2.26. The van der Waals surface area contributed by atoms with E-state index < -0.39 is 6.29 Å². The van der Waals surface area contributed by atoms with Gasteiger partial charge in [-0.15, -0.1) is 0 Å². The van der Waals surface area contributed by atoms with Crippen LogP contribution in [0.3, 0.4) is 0 Å². The van der Waals surface area contributed by atoms with Crippen molar-refractivity contribution in [2.24, 2.45) is 5.92 Å². The average Bonchev–Trinajstić information content (AvgIpc) is 3.18. The van der Waals surface area contributed by atoms with Crippen LogP contribution in [0.5, 0.6) is 5.19 Å². The number of carbonyl (C=O) groups excluding carboxylic acids is 1. The Morgan fingerprint density at radius 2 is 2.32 bits per heavy atom. The first-order chi connectivity index (χ1) is 11.9. The second kappa shape index (κ2) is 9.08. The van der Waals surface area contributed by atoms with Crippen molar-refractivity contribution in [1.29, 1.82) is 0 Å². The van der Waals surface area contributed by atoms with Gasteiger partial charge in [0.15, 0.2) is 5.88 Å². The van der Waals surface area contributed by atoms with E-state index in [0.717, 1.165) is 12.8 Å². The number of nitrogens with one attached hydrogen (secondary N) is 1. The van der Waals surface area contributed by atoms with E-state index in [9.17, 15) is 4.79 Å². The van der Waals surface area contributed by atoms with E-state index in [0.29, 0.717) is 41.0 Å². The van der Waals surface area contributed by atoms with Crippen molar-refractivity contribution >= 4 is 17.2 Å². The van der Waals surface area contributed by atoms with Crippen LogP contribution >= 0.6 is 11.3 Å². The molecule has 6 nitrogen and oxygen atoms in total. The third-order valence-corrected chi connectivity index (χ3v) is 5.24. The topological polar surface area (TPSA) is 63.7 Å². The highest BCUT2D eigenvalue weighted by Gasteiger charge is 2.30. The minimum absolute atomic E-state index is 0.0999. The van der Waals surface area contributed by atoms with Gasteiger partial charge in [-0.3, -0.25) is 4.79 Å². The van der Waals surface area contributed by atoms with Crippen LogP contribution in [0.25, 0.3) is 0 Å². The molecule has 1 N–H and O–H groups in total. The summed E-state index contributed by atoms with van der Waals surface area (Å²) in [5.41, 5.74) is 0. The Morgan fingerprint density at radius 3 is 2.96 bits per heavy atom. The number of ether oxygens (including phenoxy) is 2. The molecule has 1 amide bonds. The molecule has 1 aromatic rings. The lowest BCUT2D eigenvalue weighted by atomic mass is 10.0. The van der Waals surface area contributed by atoms with Crippen molar-refractivity contribution in [3.05, 3.63) is 23.5 Å². The Morgan fingerprint density at radius 1 is 1.56 bits per heavy atom. The molecule has 0 saturated carbocycles. The summed E-state index contributed by atoms with van der Waals surface area (Å²) < 4.78 is 11.3. The summed E-state index contributed by atoms with van der Waals surface area (Å²) in [6.07, 6.45) is 4.41. The third-order valence-electron chi connectivity index (χ3n) is 4.35. The summed E-state index contributed by atoms with van der Waals surface area (Å²) in [4.78, 5) is 18.9. The maximum atomic E-state index is 12.2. The molecule has 1 saturated heterocycles. The number of carbonyl (C=O) groups is 1. The number of hydrogen-bond donors (Lipinski definition) is 1. The normalized spacial score (nSPS) is 18.4. The second-order valence-corrected chi connectivity index (χ2v) is 7.70. The molecule has 25 heavy (non-hydrogen) atoms. The van der Waals surface area contributed by atoms with E-state index in [2.05, 4.69) is 44.6 Å².